The largest absolute Gasteiger partial charge is 0.207 e. The van der Waals surface area contributed by atoms with Gasteiger partial charge in [0.25, 0.3) is 0 Å². The molecule has 2 unspecified atom stereocenters. The Kier molecular flexibility index (Phi) is 1.45. The second kappa shape index (κ2) is 2.33. The van der Waals surface area contributed by atoms with Gasteiger partial charge in [-0.2, -0.15) is 0 Å². The minimum absolute atomic E-state index is 0.0787. The summed E-state index contributed by atoms with van der Waals surface area (Å²) in [5.41, 5.74) is 1.18. The van der Waals surface area contributed by atoms with Gasteiger partial charge in [0.15, 0.2) is 0 Å². The highest BCUT2D eigenvalue weighted by Crippen LogP contribution is 2.43. The number of hydrogen-bond acceptors (Lipinski definition) is 0. The molecule has 2 atom stereocenters. The molecule has 2 aliphatic carbocycles. The Labute approximate surface area is 66.1 Å². The third kappa shape index (κ3) is 1.42. The number of fused-ring (bicyclic) bond motifs is 1. The van der Waals surface area contributed by atoms with Crippen LogP contribution in [0.5, 0.6) is 0 Å². The van der Waals surface area contributed by atoms with Gasteiger partial charge in [-0.25, -0.2) is 4.39 Å². The van der Waals surface area contributed by atoms with E-state index in [0.717, 1.165) is 6.42 Å². The van der Waals surface area contributed by atoms with Gasteiger partial charge >= 0.3 is 0 Å². The first-order valence-electron chi connectivity index (χ1n) is 3.99. The number of allylic oxidation sites excluding steroid dienone is 6. The molecule has 0 aliphatic heterocycles. The second-order valence-electron chi connectivity index (χ2n) is 3.36. The van der Waals surface area contributed by atoms with Gasteiger partial charge in [0.05, 0.1) is 0 Å². The summed E-state index contributed by atoms with van der Waals surface area (Å²) in [5, 5.41) is 0. The van der Waals surface area contributed by atoms with Crippen molar-refractivity contribution in [3.05, 3.63) is 35.7 Å². The lowest BCUT2D eigenvalue weighted by Crippen LogP contribution is -1.81. The summed E-state index contributed by atoms with van der Waals surface area (Å²) in [7, 11) is 0. The molecule has 58 valence electrons. The standard InChI is InChI=1S/C10H11F/c1-7-2-3-10(11)6-9-5-8(9)4-7/h2-4,6,8-9H,5H2,1H3/b3-2?,7-4?,10-6-. The van der Waals surface area contributed by atoms with Crippen molar-refractivity contribution in [2.75, 3.05) is 0 Å². The van der Waals surface area contributed by atoms with Crippen molar-refractivity contribution in [1.82, 2.24) is 0 Å². The summed E-state index contributed by atoms with van der Waals surface area (Å²) in [4.78, 5) is 0. The lowest BCUT2D eigenvalue weighted by atomic mass is 10.1. The fourth-order valence-electron chi connectivity index (χ4n) is 1.48. The first-order valence-corrected chi connectivity index (χ1v) is 3.99. The fourth-order valence-corrected chi connectivity index (χ4v) is 1.48. The Bertz CT molecular complexity index is 232. The Morgan fingerprint density at radius 2 is 2.00 bits per heavy atom. The SMILES string of the molecule is CC1=CC2CC2/C=C(\F)C=C1. The molecular weight excluding hydrogens is 139 g/mol. The fraction of sp³-hybridized carbons (Fsp3) is 0.400. The molecule has 0 heterocycles. The van der Waals surface area contributed by atoms with Gasteiger partial charge in [-0.05, 0) is 37.3 Å². The van der Waals surface area contributed by atoms with Gasteiger partial charge < -0.3 is 0 Å². The van der Waals surface area contributed by atoms with Gasteiger partial charge in [0.2, 0.25) is 0 Å². The molecule has 1 saturated carbocycles. The Hall–Kier alpha value is -0.850. The average molecular weight is 150 g/mol. The van der Waals surface area contributed by atoms with Crippen molar-refractivity contribution in [1.29, 1.82) is 0 Å². The van der Waals surface area contributed by atoms with Crippen LogP contribution in [0.1, 0.15) is 13.3 Å². The molecule has 0 spiro atoms. The molecule has 1 fully saturated rings. The zero-order valence-corrected chi connectivity index (χ0v) is 6.55. The predicted molar refractivity (Wildman–Crippen MR) is 43.7 cm³/mol. The summed E-state index contributed by atoms with van der Waals surface area (Å²) in [6.07, 6.45) is 8.46. The van der Waals surface area contributed by atoms with Crippen LogP contribution in [-0.2, 0) is 0 Å². The molecule has 0 radical (unpaired) electrons. The summed E-state index contributed by atoms with van der Waals surface area (Å²) >= 11 is 0. The van der Waals surface area contributed by atoms with Gasteiger partial charge in [-0.3, -0.25) is 0 Å². The topological polar surface area (TPSA) is 0 Å². The van der Waals surface area contributed by atoms with Crippen LogP contribution in [0.15, 0.2) is 35.7 Å². The monoisotopic (exact) mass is 150 g/mol. The molecular formula is C10H11F. The van der Waals surface area contributed by atoms with Crippen molar-refractivity contribution in [3.8, 4) is 0 Å². The average Bonchev–Trinajstić information content (AvgIpc) is 2.60. The highest BCUT2D eigenvalue weighted by Gasteiger charge is 2.33. The number of halogens is 1. The molecule has 0 aromatic heterocycles. The van der Waals surface area contributed by atoms with E-state index in [1.165, 1.54) is 5.57 Å². The molecule has 0 N–H and O–H groups in total. The molecule has 1 heteroatoms. The molecule has 0 aromatic carbocycles. The van der Waals surface area contributed by atoms with Crippen LogP contribution < -0.4 is 0 Å². The molecule has 0 bridgehead atoms. The molecule has 2 rings (SSSR count). The van der Waals surface area contributed by atoms with E-state index in [1.807, 2.05) is 13.0 Å². The van der Waals surface area contributed by atoms with E-state index in [4.69, 9.17) is 0 Å². The number of hydrogen-bond donors (Lipinski definition) is 0. The van der Waals surface area contributed by atoms with E-state index in [1.54, 1.807) is 12.2 Å². The normalized spacial score (nSPS) is 39.5. The van der Waals surface area contributed by atoms with Crippen molar-refractivity contribution in [2.45, 2.75) is 13.3 Å². The number of rotatable bonds is 0. The van der Waals surface area contributed by atoms with Crippen LogP contribution in [0.25, 0.3) is 0 Å². The summed E-state index contributed by atoms with van der Waals surface area (Å²) < 4.78 is 12.8. The van der Waals surface area contributed by atoms with Gasteiger partial charge in [0, 0.05) is 0 Å². The van der Waals surface area contributed by atoms with Crippen molar-refractivity contribution >= 4 is 0 Å². The van der Waals surface area contributed by atoms with E-state index in [0.29, 0.717) is 11.8 Å². The minimum Gasteiger partial charge on any atom is -0.207 e. The minimum atomic E-state index is -0.0787. The van der Waals surface area contributed by atoms with Crippen LogP contribution in [0.4, 0.5) is 4.39 Å². The van der Waals surface area contributed by atoms with Crippen LogP contribution in [0, 0.1) is 11.8 Å². The van der Waals surface area contributed by atoms with Gasteiger partial charge in [-0.1, -0.05) is 17.7 Å². The molecule has 0 nitrogen and oxygen atoms in total. The van der Waals surface area contributed by atoms with Gasteiger partial charge in [0.1, 0.15) is 5.83 Å². The van der Waals surface area contributed by atoms with Crippen LogP contribution in [0.2, 0.25) is 0 Å². The molecule has 0 aromatic rings. The van der Waals surface area contributed by atoms with Gasteiger partial charge in [-0.15, -0.1) is 0 Å². The molecule has 2 aliphatic rings. The smallest absolute Gasteiger partial charge is 0.119 e. The maximum absolute atomic E-state index is 12.8. The van der Waals surface area contributed by atoms with E-state index in [2.05, 4.69) is 6.08 Å². The zero-order valence-electron chi connectivity index (χ0n) is 6.55. The quantitative estimate of drug-likeness (QED) is 0.498. The van der Waals surface area contributed by atoms with Crippen LogP contribution >= 0.6 is 0 Å². The van der Waals surface area contributed by atoms with E-state index < -0.39 is 0 Å². The molecule has 0 amide bonds. The summed E-state index contributed by atoms with van der Waals surface area (Å²) in [5.74, 6) is 1.02. The highest BCUT2D eigenvalue weighted by molar-refractivity contribution is 5.30. The maximum atomic E-state index is 12.8. The van der Waals surface area contributed by atoms with E-state index in [-0.39, 0.29) is 5.83 Å². The Balaban J connectivity index is 2.28. The first kappa shape index (κ1) is 6.84. The van der Waals surface area contributed by atoms with E-state index >= 15 is 0 Å². The Morgan fingerprint density at radius 1 is 1.27 bits per heavy atom. The second-order valence-corrected chi connectivity index (χ2v) is 3.36. The lowest BCUT2D eigenvalue weighted by Gasteiger charge is -1.95. The van der Waals surface area contributed by atoms with Crippen LogP contribution in [0.3, 0.4) is 0 Å². The summed E-state index contributed by atoms with van der Waals surface area (Å²) in [6.45, 7) is 2.02. The summed E-state index contributed by atoms with van der Waals surface area (Å²) in [6, 6.07) is 0. The van der Waals surface area contributed by atoms with Crippen molar-refractivity contribution in [3.63, 3.8) is 0 Å². The maximum Gasteiger partial charge on any atom is 0.119 e. The lowest BCUT2D eigenvalue weighted by molar-refractivity contribution is 0.655. The zero-order chi connectivity index (χ0) is 7.84. The third-order valence-corrected chi connectivity index (χ3v) is 2.25. The highest BCUT2D eigenvalue weighted by atomic mass is 19.1. The van der Waals surface area contributed by atoms with Crippen molar-refractivity contribution in [2.24, 2.45) is 11.8 Å². The third-order valence-electron chi connectivity index (χ3n) is 2.25. The van der Waals surface area contributed by atoms with E-state index in [9.17, 15) is 4.39 Å². The molecule has 11 heavy (non-hydrogen) atoms. The first-order chi connectivity index (χ1) is 5.25. The van der Waals surface area contributed by atoms with Crippen molar-refractivity contribution < 1.29 is 4.39 Å². The molecule has 0 saturated heterocycles. The van der Waals surface area contributed by atoms with Crippen LogP contribution in [-0.4, -0.2) is 0 Å². The Morgan fingerprint density at radius 3 is 2.82 bits per heavy atom. The predicted octanol–water partition coefficient (Wildman–Crippen LogP) is 2.99.